The van der Waals surface area contributed by atoms with Crippen LogP contribution in [0, 0.1) is 0 Å². The van der Waals surface area contributed by atoms with Gasteiger partial charge in [0, 0.05) is 34.5 Å². The predicted octanol–water partition coefficient (Wildman–Crippen LogP) is 4.87. The van der Waals surface area contributed by atoms with Crippen LogP contribution < -0.4 is 10.6 Å². The summed E-state index contributed by atoms with van der Waals surface area (Å²) in [6.07, 6.45) is 5.00. The monoisotopic (exact) mass is 412 g/mol. The molecule has 146 valence electrons. The highest BCUT2D eigenvalue weighted by Gasteiger charge is 2.10. The third-order valence-corrected chi connectivity index (χ3v) is 5.57. The fourth-order valence-electron chi connectivity index (χ4n) is 3.02. The van der Waals surface area contributed by atoms with Crippen molar-refractivity contribution in [3.8, 4) is 5.82 Å². The molecule has 3 aromatic heterocycles. The van der Waals surface area contributed by atoms with E-state index in [9.17, 15) is 4.79 Å². The molecule has 3 heterocycles. The minimum Gasteiger partial charge on any atom is -0.340 e. The minimum atomic E-state index is -0.114. The summed E-state index contributed by atoms with van der Waals surface area (Å²) < 4.78 is 2.76. The van der Waals surface area contributed by atoms with Gasteiger partial charge in [0.1, 0.15) is 12.1 Å². The number of carbonyl (C=O) groups excluding carboxylic acids is 1. The number of aromatic nitrogens is 4. The number of nitrogens with zero attached hydrogens (tertiary/aromatic N) is 4. The van der Waals surface area contributed by atoms with Gasteiger partial charge in [0.25, 0.3) is 5.91 Å². The molecule has 2 N–H and O–H groups in total. The summed E-state index contributed by atoms with van der Waals surface area (Å²) in [4.78, 5) is 21.7. The molecule has 8 heteroatoms. The largest absolute Gasteiger partial charge is 0.340 e. The number of hydrogen-bond acceptors (Lipinski definition) is 6. The SMILES string of the molecule is O=C(Nc1ccc(Nc2cc(-n3cccn3)ncn2)cc1)c1cc2ccccc2s1. The third-order valence-electron chi connectivity index (χ3n) is 4.46. The molecular weight excluding hydrogens is 396 g/mol. The van der Waals surface area contributed by atoms with Crippen molar-refractivity contribution >= 4 is 44.5 Å². The van der Waals surface area contributed by atoms with Crippen LogP contribution >= 0.6 is 11.3 Å². The molecule has 0 spiro atoms. The maximum Gasteiger partial charge on any atom is 0.265 e. The highest BCUT2D eigenvalue weighted by Crippen LogP contribution is 2.26. The van der Waals surface area contributed by atoms with E-state index in [1.165, 1.54) is 17.7 Å². The first kappa shape index (κ1) is 18.0. The Morgan fingerprint density at radius 2 is 1.77 bits per heavy atom. The van der Waals surface area contributed by atoms with Crippen LogP contribution in [0.15, 0.2) is 85.5 Å². The van der Waals surface area contributed by atoms with Crippen molar-refractivity contribution in [2.24, 2.45) is 0 Å². The second-order valence-electron chi connectivity index (χ2n) is 6.52. The lowest BCUT2D eigenvalue weighted by molar-refractivity contribution is 0.103. The fraction of sp³-hybridized carbons (Fsp3) is 0. The second-order valence-corrected chi connectivity index (χ2v) is 7.60. The molecule has 0 unspecified atom stereocenters. The van der Waals surface area contributed by atoms with Gasteiger partial charge in [0.2, 0.25) is 0 Å². The minimum absolute atomic E-state index is 0.114. The number of rotatable bonds is 5. The van der Waals surface area contributed by atoms with Crippen molar-refractivity contribution in [1.82, 2.24) is 19.7 Å². The lowest BCUT2D eigenvalue weighted by Crippen LogP contribution is -2.09. The number of benzene rings is 2. The Morgan fingerprint density at radius 3 is 2.57 bits per heavy atom. The number of fused-ring (bicyclic) bond motifs is 1. The van der Waals surface area contributed by atoms with Gasteiger partial charge in [0.15, 0.2) is 5.82 Å². The first-order valence-corrected chi connectivity index (χ1v) is 10.1. The van der Waals surface area contributed by atoms with Crippen LogP contribution in [0.5, 0.6) is 0 Å². The van der Waals surface area contributed by atoms with Crippen molar-refractivity contribution in [2.45, 2.75) is 0 Å². The summed E-state index contributed by atoms with van der Waals surface area (Å²) in [5.74, 6) is 1.21. The third kappa shape index (κ3) is 3.76. The van der Waals surface area contributed by atoms with Gasteiger partial charge < -0.3 is 10.6 Å². The molecule has 2 aromatic carbocycles. The normalized spacial score (nSPS) is 10.8. The molecule has 0 saturated carbocycles. The highest BCUT2D eigenvalue weighted by molar-refractivity contribution is 7.20. The van der Waals surface area contributed by atoms with E-state index < -0.39 is 0 Å². The molecule has 0 radical (unpaired) electrons. The van der Waals surface area contributed by atoms with Gasteiger partial charge in [-0.05, 0) is 47.9 Å². The molecule has 5 aromatic rings. The molecule has 0 atom stereocenters. The first-order chi connectivity index (χ1) is 14.7. The lowest BCUT2D eigenvalue weighted by Gasteiger charge is -2.08. The molecule has 30 heavy (non-hydrogen) atoms. The van der Waals surface area contributed by atoms with Gasteiger partial charge in [-0.3, -0.25) is 4.79 Å². The number of carbonyl (C=O) groups is 1. The van der Waals surface area contributed by atoms with Crippen molar-refractivity contribution < 1.29 is 4.79 Å². The number of thiophene rings is 1. The van der Waals surface area contributed by atoms with Gasteiger partial charge in [-0.25, -0.2) is 14.6 Å². The van der Waals surface area contributed by atoms with Crippen molar-refractivity contribution in [3.63, 3.8) is 0 Å². The Labute approximate surface area is 176 Å². The van der Waals surface area contributed by atoms with Crippen LogP contribution in [-0.2, 0) is 0 Å². The maximum absolute atomic E-state index is 12.6. The molecule has 0 aliphatic carbocycles. The van der Waals surface area contributed by atoms with E-state index in [1.807, 2.05) is 72.9 Å². The van der Waals surface area contributed by atoms with E-state index in [0.29, 0.717) is 16.5 Å². The second kappa shape index (κ2) is 7.76. The summed E-state index contributed by atoms with van der Waals surface area (Å²) >= 11 is 1.48. The van der Waals surface area contributed by atoms with E-state index in [0.717, 1.165) is 21.5 Å². The summed E-state index contributed by atoms with van der Waals surface area (Å²) in [6.45, 7) is 0. The standard InChI is InChI=1S/C22H16N6OS/c29-22(19-12-15-4-1-2-5-18(15)30-19)27-17-8-6-16(7-9-17)26-20-13-21(24-14-23-20)28-11-3-10-25-28/h1-14H,(H,27,29)(H,23,24,26). The molecule has 5 rings (SSSR count). The Morgan fingerprint density at radius 1 is 0.933 bits per heavy atom. The zero-order valence-corrected chi connectivity index (χ0v) is 16.5. The number of amides is 1. The Bertz CT molecular complexity index is 1280. The Balaban J connectivity index is 1.27. The zero-order valence-electron chi connectivity index (χ0n) is 15.7. The average Bonchev–Trinajstić information content (AvgIpc) is 3.45. The van der Waals surface area contributed by atoms with E-state index >= 15 is 0 Å². The van der Waals surface area contributed by atoms with Gasteiger partial charge in [-0.15, -0.1) is 11.3 Å². The summed E-state index contributed by atoms with van der Waals surface area (Å²) in [5, 5.41) is 11.4. The van der Waals surface area contributed by atoms with Crippen molar-refractivity contribution in [1.29, 1.82) is 0 Å². The van der Waals surface area contributed by atoms with Crippen LogP contribution in [0.25, 0.3) is 15.9 Å². The first-order valence-electron chi connectivity index (χ1n) is 9.24. The van der Waals surface area contributed by atoms with Crippen molar-refractivity contribution in [2.75, 3.05) is 10.6 Å². The lowest BCUT2D eigenvalue weighted by atomic mass is 10.2. The zero-order chi connectivity index (χ0) is 20.3. The van der Waals surface area contributed by atoms with E-state index in [2.05, 4.69) is 25.7 Å². The van der Waals surface area contributed by atoms with E-state index in [4.69, 9.17) is 0 Å². The van der Waals surface area contributed by atoms with Gasteiger partial charge in [-0.2, -0.15) is 5.10 Å². The van der Waals surface area contributed by atoms with E-state index in [1.54, 1.807) is 10.9 Å². The van der Waals surface area contributed by atoms with Gasteiger partial charge in [0.05, 0.1) is 4.88 Å². The smallest absolute Gasteiger partial charge is 0.265 e. The van der Waals surface area contributed by atoms with Crippen LogP contribution in [0.4, 0.5) is 17.2 Å². The molecule has 7 nitrogen and oxygen atoms in total. The molecule has 0 aliphatic rings. The molecule has 0 bridgehead atoms. The highest BCUT2D eigenvalue weighted by atomic mass is 32.1. The summed E-state index contributed by atoms with van der Waals surface area (Å²) in [6, 6.07) is 21.0. The molecule has 0 aliphatic heterocycles. The Kier molecular flexibility index (Phi) is 4.66. The number of hydrogen-bond donors (Lipinski definition) is 2. The molecule has 1 amide bonds. The number of anilines is 3. The summed E-state index contributed by atoms with van der Waals surface area (Å²) in [5.41, 5.74) is 1.57. The van der Waals surface area contributed by atoms with Crippen LogP contribution in [0.2, 0.25) is 0 Å². The number of nitrogens with one attached hydrogen (secondary N) is 2. The fourth-order valence-corrected chi connectivity index (χ4v) is 3.97. The van der Waals surface area contributed by atoms with Gasteiger partial charge in [-0.1, -0.05) is 18.2 Å². The molecule has 0 fully saturated rings. The maximum atomic E-state index is 12.6. The molecular formula is C22H16N6OS. The Hall–Kier alpha value is -4.04. The van der Waals surface area contributed by atoms with Crippen LogP contribution in [0.1, 0.15) is 9.67 Å². The summed E-state index contributed by atoms with van der Waals surface area (Å²) in [7, 11) is 0. The quantitative estimate of drug-likeness (QED) is 0.430. The topological polar surface area (TPSA) is 84.7 Å². The van der Waals surface area contributed by atoms with Gasteiger partial charge >= 0.3 is 0 Å². The van der Waals surface area contributed by atoms with E-state index in [-0.39, 0.29) is 5.91 Å². The van der Waals surface area contributed by atoms with Crippen LogP contribution in [-0.4, -0.2) is 25.7 Å². The average molecular weight is 412 g/mol. The van der Waals surface area contributed by atoms with Crippen LogP contribution in [0.3, 0.4) is 0 Å². The van der Waals surface area contributed by atoms with Crippen molar-refractivity contribution in [3.05, 3.63) is 90.3 Å². The predicted molar refractivity (Wildman–Crippen MR) is 119 cm³/mol. The molecule has 0 saturated heterocycles.